The Morgan fingerprint density at radius 1 is 1.06 bits per heavy atom. The SMILES string of the molecule is CCCCC(C)(CC)C(O)(O)c1ccccc1. The van der Waals surface area contributed by atoms with Crippen LogP contribution in [0.4, 0.5) is 0 Å². The highest BCUT2D eigenvalue weighted by Crippen LogP contribution is 2.44. The molecule has 0 fully saturated rings. The Morgan fingerprint density at radius 3 is 2.12 bits per heavy atom. The zero-order chi connectivity index (χ0) is 12.9. The van der Waals surface area contributed by atoms with Crippen molar-refractivity contribution in [3.05, 3.63) is 35.9 Å². The Morgan fingerprint density at radius 2 is 1.65 bits per heavy atom. The molecule has 1 aromatic rings. The smallest absolute Gasteiger partial charge is 0.195 e. The van der Waals surface area contributed by atoms with Gasteiger partial charge in [0.25, 0.3) is 0 Å². The second-order valence-electron chi connectivity index (χ2n) is 5.06. The van der Waals surface area contributed by atoms with E-state index in [9.17, 15) is 10.2 Å². The van der Waals surface area contributed by atoms with E-state index in [1.807, 2.05) is 32.0 Å². The van der Waals surface area contributed by atoms with Crippen molar-refractivity contribution in [1.29, 1.82) is 0 Å². The van der Waals surface area contributed by atoms with E-state index >= 15 is 0 Å². The molecular weight excluding hydrogens is 212 g/mol. The molecule has 0 heterocycles. The van der Waals surface area contributed by atoms with Crippen molar-refractivity contribution in [2.75, 3.05) is 0 Å². The lowest BCUT2D eigenvalue weighted by molar-refractivity contribution is -0.252. The highest BCUT2D eigenvalue weighted by Gasteiger charge is 2.44. The third-order valence-electron chi connectivity index (χ3n) is 3.88. The number of benzene rings is 1. The van der Waals surface area contributed by atoms with Crippen molar-refractivity contribution in [2.24, 2.45) is 5.41 Å². The quantitative estimate of drug-likeness (QED) is 0.743. The molecule has 17 heavy (non-hydrogen) atoms. The van der Waals surface area contributed by atoms with Gasteiger partial charge in [-0.1, -0.05) is 63.9 Å². The molecule has 0 radical (unpaired) electrons. The maximum Gasteiger partial charge on any atom is 0.195 e. The van der Waals surface area contributed by atoms with E-state index in [-0.39, 0.29) is 0 Å². The topological polar surface area (TPSA) is 40.5 Å². The van der Waals surface area contributed by atoms with Crippen LogP contribution in [-0.2, 0) is 5.79 Å². The minimum atomic E-state index is -1.75. The summed E-state index contributed by atoms with van der Waals surface area (Å²) in [4.78, 5) is 0. The van der Waals surface area contributed by atoms with Gasteiger partial charge in [-0.05, 0) is 12.8 Å². The largest absolute Gasteiger partial charge is 0.361 e. The van der Waals surface area contributed by atoms with Gasteiger partial charge in [0.15, 0.2) is 5.79 Å². The third kappa shape index (κ3) is 2.88. The maximum atomic E-state index is 10.5. The number of hydrogen-bond acceptors (Lipinski definition) is 2. The number of unbranched alkanes of at least 4 members (excludes halogenated alkanes) is 1. The van der Waals surface area contributed by atoms with Gasteiger partial charge in [0.1, 0.15) is 0 Å². The Balaban J connectivity index is 3.00. The molecule has 0 saturated heterocycles. The monoisotopic (exact) mass is 236 g/mol. The summed E-state index contributed by atoms with van der Waals surface area (Å²) in [5.74, 6) is -1.75. The van der Waals surface area contributed by atoms with Crippen molar-refractivity contribution in [2.45, 2.75) is 52.2 Å². The van der Waals surface area contributed by atoms with E-state index in [0.29, 0.717) is 5.56 Å². The molecule has 2 nitrogen and oxygen atoms in total. The summed E-state index contributed by atoms with van der Waals surface area (Å²) in [5.41, 5.74) is 0.0881. The molecule has 1 unspecified atom stereocenters. The van der Waals surface area contributed by atoms with Crippen molar-refractivity contribution in [3.8, 4) is 0 Å². The predicted octanol–water partition coefficient (Wildman–Crippen LogP) is 3.43. The molecule has 0 aliphatic carbocycles. The molecule has 0 saturated carbocycles. The molecule has 0 spiro atoms. The van der Waals surface area contributed by atoms with Crippen molar-refractivity contribution in [3.63, 3.8) is 0 Å². The number of aliphatic hydroxyl groups is 2. The van der Waals surface area contributed by atoms with Gasteiger partial charge in [-0.2, -0.15) is 0 Å². The molecule has 2 heteroatoms. The second kappa shape index (κ2) is 5.65. The summed E-state index contributed by atoms with van der Waals surface area (Å²) >= 11 is 0. The number of hydrogen-bond donors (Lipinski definition) is 2. The zero-order valence-corrected chi connectivity index (χ0v) is 11.1. The third-order valence-corrected chi connectivity index (χ3v) is 3.88. The molecule has 0 aliphatic rings. The van der Waals surface area contributed by atoms with Crippen molar-refractivity contribution >= 4 is 0 Å². The summed E-state index contributed by atoms with van der Waals surface area (Å²) in [6.07, 6.45) is 3.65. The highest BCUT2D eigenvalue weighted by molar-refractivity contribution is 5.22. The number of rotatable bonds is 6. The lowest BCUT2D eigenvalue weighted by atomic mass is 9.72. The lowest BCUT2D eigenvalue weighted by Gasteiger charge is -2.41. The average Bonchev–Trinajstić information content (AvgIpc) is 2.36. The Hall–Kier alpha value is -0.860. The van der Waals surface area contributed by atoms with Crippen molar-refractivity contribution in [1.82, 2.24) is 0 Å². The summed E-state index contributed by atoms with van der Waals surface area (Å²) in [6, 6.07) is 9.12. The van der Waals surface area contributed by atoms with E-state index < -0.39 is 11.2 Å². The fourth-order valence-electron chi connectivity index (χ4n) is 2.18. The summed E-state index contributed by atoms with van der Waals surface area (Å²) < 4.78 is 0. The van der Waals surface area contributed by atoms with Crippen molar-refractivity contribution < 1.29 is 10.2 Å². The molecule has 0 amide bonds. The minimum Gasteiger partial charge on any atom is -0.361 e. The van der Waals surface area contributed by atoms with Crippen LogP contribution in [0.3, 0.4) is 0 Å². The molecule has 0 aliphatic heterocycles. The molecule has 0 bridgehead atoms. The first-order chi connectivity index (χ1) is 7.98. The first-order valence-corrected chi connectivity index (χ1v) is 6.48. The van der Waals surface area contributed by atoms with Gasteiger partial charge in [0.2, 0.25) is 0 Å². The van der Waals surface area contributed by atoms with Gasteiger partial charge >= 0.3 is 0 Å². The van der Waals surface area contributed by atoms with E-state index in [0.717, 1.165) is 25.7 Å². The minimum absolute atomic E-state index is 0.496. The molecular formula is C15H24O2. The van der Waals surface area contributed by atoms with Gasteiger partial charge in [0, 0.05) is 11.0 Å². The Labute approximate surface area is 104 Å². The zero-order valence-electron chi connectivity index (χ0n) is 11.1. The molecule has 0 aromatic heterocycles. The molecule has 1 atom stereocenters. The predicted molar refractivity (Wildman–Crippen MR) is 70.5 cm³/mol. The van der Waals surface area contributed by atoms with Gasteiger partial charge in [-0.25, -0.2) is 0 Å². The van der Waals surface area contributed by atoms with Crippen LogP contribution in [0.25, 0.3) is 0 Å². The van der Waals surface area contributed by atoms with Gasteiger partial charge in [-0.15, -0.1) is 0 Å². The average molecular weight is 236 g/mol. The molecule has 1 rings (SSSR count). The van der Waals surface area contributed by atoms with Gasteiger partial charge in [0.05, 0.1) is 0 Å². The summed E-state index contributed by atoms with van der Waals surface area (Å²) in [6.45, 7) is 6.09. The van der Waals surface area contributed by atoms with Crippen LogP contribution < -0.4 is 0 Å². The van der Waals surface area contributed by atoms with Crippen LogP contribution in [0, 0.1) is 5.41 Å². The first-order valence-electron chi connectivity index (χ1n) is 6.48. The van der Waals surface area contributed by atoms with Crippen LogP contribution in [-0.4, -0.2) is 10.2 Å². The van der Waals surface area contributed by atoms with Gasteiger partial charge in [-0.3, -0.25) is 0 Å². The molecule has 96 valence electrons. The highest BCUT2D eigenvalue weighted by atomic mass is 16.5. The summed E-state index contributed by atoms with van der Waals surface area (Å²) in [5, 5.41) is 21.0. The van der Waals surface area contributed by atoms with E-state index in [4.69, 9.17) is 0 Å². The van der Waals surface area contributed by atoms with E-state index in [1.54, 1.807) is 12.1 Å². The van der Waals surface area contributed by atoms with Crippen LogP contribution >= 0.6 is 0 Å². The van der Waals surface area contributed by atoms with Crippen LogP contribution in [0.5, 0.6) is 0 Å². The fourth-order valence-corrected chi connectivity index (χ4v) is 2.18. The van der Waals surface area contributed by atoms with Gasteiger partial charge < -0.3 is 10.2 Å². The van der Waals surface area contributed by atoms with E-state index in [2.05, 4.69) is 6.92 Å². The molecule has 1 aromatic carbocycles. The fraction of sp³-hybridized carbons (Fsp3) is 0.600. The van der Waals surface area contributed by atoms with E-state index in [1.165, 1.54) is 0 Å². The second-order valence-corrected chi connectivity index (χ2v) is 5.06. The van der Waals surface area contributed by atoms with Crippen LogP contribution in [0.1, 0.15) is 52.0 Å². The van der Waals surface area contributed by atoms with Crippen LogP contribution in [0.15, 0.2) is 30.3 Å². The standard InChI is InChI=1S/C15H24O2/c1-4-6-12-14(3,5-2)15(16,17)13-10-8-7-9-11-13/h7-11,16-17H,4-6,12H2,1-3H3. The molecule has 2 N–H and O–H groups in total. The Bertz CT molecular complexity index is 332. The normalized spacial score (nSPS) is 15.6. The maximum absolute atomic E-state index is 10.5. The summed E-state index contributed by atoms with van der Waals surface area (Å²) in [7, 11) is 0. The van der Waals surface area contributed by atoms with Crippen LogP contribution in [0.2, 0.25) is 0 Å². The Kier molecular flexibility index (Phi) is 4.72. The lowest BCUT2D eigenvalue weighted by Crippen LogP contribution is -2.43. The first kappa shape index (κ1) is 14.2.